The van der Waals surface area contributed by atoms with E-state index in [9.17, 15) is 0 Å². The normalized spacial score (nSPS) is 15.9. The molecule has 0 aliphatic carbocycles. The van der Waals surface area contributed by atoms with Crippen LogP contribution in [0.5, 0.6) is 0 Å². The maximum atomic E-state index is 9.12. The van der Waals surface area contributed by atoms with Crippen molar-refractivity contribution in [1.29, 1.82) is 5.26 Å². The molecule has 0 amide bonds. The number of benzene rings is 3. The molecule has 0 fully saturated rings. The average molecular weight is 377 g/mol. The first-order valence-electron chi connectivity index (χ1n) is 9.74. The van der Waals surface area contributed by atoms with Crippen molar-refractivity contribution in [2.45, 2.75) is 13.8 Å². The van der Waals surface area contributed by atoms with Crippen LogP contribution >= 0.6 is 0 Å². The highest BCUT2D eigenvalue weighted by Crippen LogP contribution is 2.39. The number of fused-ring (bicyclic) bond motifs is 1. The Morgan fingerprint density at radius 3 is 2.41 bits per heavy atom. The molecule has 0 radical (unpaired) electrons. The number of nitrogens with zero attached hydrogens (tertiary/aromatic N) is 2. The number of hydrogen-bond acceptors (Lipinski definition) is 3. The predicted molar refractivity (Wildman–Crippen MR) is 122 cm³/mol. The molecule has 3 nitrogen and oxygen atoms in total. The summed E-state index contributed by atoms with van der Waals surface area (Å²) >= 11 is 0. The van der Waals surface area contributed by atoms with Crippen molar-refractivity contribution in [3.8, 4) is 6.07 Å². The Labute approximate surface area is 172 Å². The molecular formula is C26H23N3. The monoisotopic (exact) mass is 377 g/mol. The number of rotatable bonds is 3. The molecule has 1 heterocycles. The van der Waals surface area contributed by atoms with E-state index >= 15 is 0 Å². The predicted octanol–water partition coefficient (Wildman–Crippen LogP) is 6.72. The van der Waals surface area contributed by atoms with Crippen LogP contribution in [0, 0.1) is 18.3 Å². The Hall–Kier alpha value is -3.77. The van der Waals surface area contributed by atoms with Gasteiger partial charge in [-0.2, -0.15) is 5.26 Å². The average Bonchev–Trinajstić information content (AvgIpc) is 2.74. The summed E-state index contributed by atoms with van der Waals surface area (Å²) in [5.41, 5.74) is 8.65. The molecule has 29 heavy (non-hydrogen) atoms. The smallest absolute Gasteiger partial charge is 0.0991 e. The Kier molecular flexibility index (Phi) is 5.18. The van der Waals surface area contributed by atoms with E-state index < -0.39 is 0 Å². The summed E-state index contributed by atoms with van der Waals surface area (Å²) in [5, 5.41) is 12.7. The highest BCUT2D eigenvalue weighted by molar-refractivity contribution is 5.89. The first-order valence-corrected chi connectivity index (χ1v) is 9.74. The molecule has 0 atom stereocenters. The zero-order valence-electron chi connectivity index (χ0n) is 16.7. The van der Waals surface area contributed by atoms with Gasteiger partial charge in [-0.25, -0.2) is 0 Å². The summed E-state index contributed by atoms with van der Waals surface area (Å²) in [4.78, 5) is 2.28. The van der Waals surface area contributed by atoms with E-state index in [2.05, 4.69) is 90.8 Å². The van der Waals surface area contributed by atoms with E-state index in [-0.39, 0.29) is 0 Å². The standard InChI is InChI=1S/C26H23N3/c1-19-9-13-22(14-10-19)28-24-7-5-8-25-26(24)20(2)6-3-4-17-29(25)23-15-11-21(18-27)12-16-23/h3-16,28H,17H2,1-2H3/b4-3-,20-6+. The van der Waals surface area contributed by atoms with Gasteiger partial charge < -0.3 is 10.2 Å². The third-order valence-corrected chi connectivity index (χ3v) is 5.14. The fourth-order valence-corrected chi connectivity index (χ4v) is 3.60. The topological polar surface area (TPSA) is 39.1 Å². The van der Waals surface area contributed by atoms with Crippen molar-refractivity contribution in [1.82, 2.24) is 0 Å². The Bertz CT molecular complexity index is 1110. The van der Waals surface area contributed by atoms with Gasteiger partial charge in [0.2, 0.25) is 0 Å². The van der Waals surface area contributed by atoms with Crippen LogP contribution in [-0.4, -0.2) is 6.54 Å². The first kappa shape index (κ1) is 18.6. The number of nitriles is 1. The van der Waals surface area contributed by atoms with E-state index in [4.69, 9.17) is 5.26 Å². The lowest BCUT2D eigenvalue weighted by Gasteiger charge is -2.29. The summed E-state index contributed by atoms with van der Waals surface area (Å²) in [6.07, 6.45) is 6.43. The van der Waals surface area contributed by atoms with Gasteiger partial charge in [0, 0.05) is 29.2 Å². The minimum absolute atomic E-state index is 0.669. The zero-order valence-corrected chi connectivity index (χ0v) is 16.7. The molecule has 0 saturated carbocycles. The summed E-state index contributed by atoms with van der Waals surface area (Å²) in [6, 6.07) is 24.8. The van der Waals surface area contributed by atoms with Crippen LogP contribution in [0.1, 0.15) is 23.6 Å². The second-order valence-corrected chi connectivity index (χ2v) is 7.24. The molecule has 0 spiro atoms. The molecule has 3 aromatic rings. The van der Waals surface area contributed by atoms with Crippen LogP contribution in [0.15, 0.2) is 85.0 Å². The van der Waals surface area contributed by atoms with Crippen molar-refractivity contribution in [2.24, 2.45) is 0 Å². The number of nitrogens with one attached hydrogen (secondary N) is 1. The van der Waals surface area contributed by atoms with E-state index in [1.165, 1.54) is 16.7 Å². The maximum Gasteiger partial charge on any atom is 0.0991 e. The van der Waals surface area contributed by atoms with Gasteiger partial charge >= 0.3 is 0 Å². The van der Waals surface area contributed by atoms with Crippen molar-refractivity contribution in [3.63, 3.8) is 0 Å². The Balaban J connectivity index is 1.81. The lowest BCUT2D eigenvalue weighted by Crippen LogP contribution is -2.19. The van der Waals surface area contributed by atoms with E-state index in [0.29, 0.717) is 5.56 Å². The van der Waals surface area contributed by atoms with Crippen LogP contribution in [0.2, 0.25) is 0 Å². The number of aryl methyl sites for hydroxylation is 1. The number of anilines is 4. The van der Waals surface area contributed by atoms with Gasteiger partial charge in [-0.05, 0) is 68.0 Å². The van der Waals surface area contributed by atoms with Crippen molar-refractivity contribution < 1.29 is 0 Å². The van der Waals surface area contributed by atoms with Gasteiger partial charge in [0.25, 0.3) is 0 Å². The molecule has 0 saturated heterocycles. The van der Waals surface area contributed by atoms with Crippen molar-refractivity contribution in [2.75, 3.05) is 16.8 Å². The van der Waals surface area contributed by atoms with Crippen LogP contribution < -0.4 is 10.2 Å². The van der Waals surface area contributed by atoms with Gasteiger partial charge in [-0.1, -0.05) is 42.0 Å². The minimum Gasteiger partial charge on any atom is -0.355 e. The van der Waals surface area contributed by atoms with E-state index in [1.807, 2.05) is 24.3 Å². The first-order chi connectivity index (χ1) is 14.2. The van der Waals surface area contributed by atoms with Gasteiger partial charge in [-0.3, -0.25) is 0 Å². The molecule has 0 bridgehead atoms. The lowest BCUT2D eigenvalue weighted by molar-refractivity contribution is 1.09. The molecule has 1 aliphatic rings. The number of hydrogen-bond donors (Lipinski definition) is 1. The quantitative estimate of drug-likeness (QED) is 0.550. The highest BCUT2D eigenvalue weighted by Gasteiger charge is 2.18. The zero-order chi connectivity index (χ0) is 20.2. The SMILES string of the molecule is C/C1=C\C=C/CN(c2ccc(C#N)cc2)c2cccc(Nc3ccc(C)cc3)c21. The Morgan fingerprint density at radius 1 is 0.931 bits per heavy atom. The van der Waals surface area contributed by atoms with E-state index in [0.717, 1.165) is 29.3 Å². The molecule has 0 aromatic heterocycles. The second-order valence-electron chi connectivity index (χ2n) is 7.24. The summed E-state index contributed by atoms with van der Waals surface area (Å²) < 4.78 is 0. The van der Waals surface area contributed by atoms with Crippen molar-refractivity contribution in [3.05, 3.63) is 102 Å². The minimum atomic E-state index is 0.669. The van der Waals surface area contributed by atoms with Gasteiger partial charge in [0.1, 0.15) is 0 Å². The van der Waals surface area contributed by atoms with Crippen LogP contribution in [-0.2, 0) is 0 Å². The van der Waals surface area contributed by atoms with Crippen LogP contribution in [0.4, 0.5) is 22.7 Å². The fourth-order valence-electron chi connectivity index (χ4n) is 3.60. The van der Waals surface area contributed by atoms with Crippen LogP contribution in [0.25, 0.3) is 5.57 Å². The molecule has 142 valence electrons. The maximum absolute atomic E-state index is 9.12. The summed E-state index contributed by atoms with van der Waals surface area (Å²) in [7, 11) is 0. The van der Waals surface area contributed by atoms with Crippen molar-refractivity contribution >= 4 is 28.3 Å². The Morgan fingerprint density at radius 2 is 1.69 bits per heavy atom. The molecule has 0 unspecified atom stereocenters. The third kappa shape index (κ3) is 3.93. The van der Waals surface area contributed by atoms with Gasteiger partial charge in [-0.15, -0.1) is 0 Å². The molecule has 1 N–H and O–H groups in total. The molecular weight excluding hydrogens is 354 g/mol. The highest BCUT2D eigenvalue weighted by atomic mass is 15.1. The van der Waals surface area contributed by atoms with E-state index in [1.54, 1.807) is 0 Å². The molecule has 4 rings (SSSR count). The number of allylic oxidation sites excluding steroid dienone is 3. The van der Waals surface area contributed by atoms with Gasteiger partial charge in [0.15, 0.2) is 0 Å². The third-order valence-electron chi connectivity index (χ3n) is 5.14. The second kappa shape index (κ2) is 8.08. The lowest BCUT2D eigenvalue weighted by atomic mass is 9.99. The summed E-state index contributed by atoms with van der Waals surface area (Å²) in [6.45, 7) is 5.00. The fraction of sp³-hybridized carbons (Fsp3) is 0.115. The summed E-state index contributed by atoms with van der Waals surface area (Å²) in [5.74, 6) is 0. The largest absolute Gasteiger partial charge is 0.355 e. The van der Waals surface area contributed by atoms with Gasteiger partial charge in [0.05, 0.1) is 17.3 Å². The van der Waals surface area contributed by atoms with Crippen LogP contribution in [0.3, 0.4) is 0 Å². The molecule has 3 heteroatoms. The molecule has 3 aromatic carbocycles. The molecule has 1 aliphatic heterocycles.